The van der Waals surface area contributed by atoms with E-state index in [1.165, 1.54) is 16.8 Å². The highest BCUT2D eigenvalue weighted by atomic mass is 35.5. The average molecular weight is 287 g/mol. The second kappa shape index (κ2) is 4.71. The summed E-state index contributed by atoms with van der Waals surface area (Å²) in [6, 6.07) is 14.4. The molecule has 3 rings (SSSR count). The third-order valence-corrected chi connectivity index (χ3v) is 4.27. The lowest BCUT2D eigenvalue weighted by molar-refractivity contribution is 0.295. The first-order chi connectivity index (χ1) is 9.45. The summed E-state index contributed by atoms with van der Waals surface area (Å²) in [5, 5.41) is 4.44. The first-order valence-electron chi connectivity index (χ1n) is 6.86. The van der Waals surface area contributed by atoms with Gasteiger partial charge in [-0.05, 0) is 53.3 Å². The zero-order valence-corrected chi connectivity index (χ0v) is 12.5. The molecule has 2 aromatic carbocycles. The molecule has 2 nitrogen and oxygen atoms in total. The van der Waals surface area contributed by atoms with Gasteiger partial charge in [0.1, 0.15) is 0 Å². The molecule has 0 saturated carbocycles. The Kier molecular flexibility index (Phi) is 3.14. The van der Waals surface area contributed by atoms with Gasteiger partial charge in [0.25, 0.3) is 0 Å². The van der Waals surface area contributed by atoms with Crippen LogP contribution in [-0.2, 0) is 6.42 Å². The Hall–Kier alpha value is -1.67. The summed E-state index contributed by atoms with van der Waals surface area (Å²) in [5.41, 5.74) is 10.5. The number of benzene rings is 2. The summed E-state index contributed by atoms with van der Waals surface area (Å²) in [6.07, 6.45) is 0.995. The van der Waals surface area contributed by atoms with Crippen LogP contribution < -0.4 is 11.1 Å². The van der Waals surface area contributed by atoms with E-state index in [0.29, 0.717) is 0 Å². The lowest BCUT2D eigenvalue weighted by Gasteiger charge is -2.41. The maximum atomic E-state index is 6.10. The van der Waals surface area contributed by atoms with Gasteiger partial charge in [-0.2, -0.15) is 0 Å². The van der Waals surface area contributed by atoms with Crippen molar-refractivity contribution in [3.8, 4) is 0 Å². The van der Waals surface area contributed by atoms with E-state index in [-0.39, 0.29) is 11.5 Å². The smallest absolute Gasteiger partial charge is 0.0568 e. The molecule has 0 fully saturated rings. The van der Waals surface area contributed by atoms with Crippen LogP contribution >= 0.6 is 11.6 Å². The molecule has 1 atom stereocenters. The minimum atomic E-state index is 0.103. The minimum absolute atomic E-state index is 0.103. The van der Waals surface area contributed by atoms with E-state index in [9.17, 15) is 0 Å². The largest absolute Gasteiger partial charge is 0.399 e. The normalized spacial score (nSPS) is 20.1. The van der Waals surface area contributed by atoms with E-state index in [1.54, 1.807) is 0 Å². The Balaban J connectivity index is 2.03. The highest BCUT2D eigenvalue weighted by molar-refractivity contribution is 6.30. The van der Waals surface area contributed by atoms with E-state index in [0.717, 1.165) is 17.1 Å². The minimum Gasteiger partial charge on any atom is -0.399 e. The van der Waals surface area contributed by atoms with Crippen molar-refractivity contribution in [1.29, 1.82) is 0 Å². The van der Waals surface area contributed by atoms with Crippen molar-refractivity contribution < 1.29 is 0 Å². The molecule has 3 heteroatoms. The van der Waals surface area contributed by atoms with E-state index < -0.39 is 0 Å². The van der Waals surface area contributed by atoms with Gasteiger partial charge in [-0.3, -0.25) is 0 Å². The molecule has 1 heterocycles. The Labute approximate surface area is 125 Å². The van der Waals surface area contributed by atoms with Crippen molar-refractivity contribution in [3.05, 3.63) is 58.6 Å². The Morgan fingerprint density at radius 1 is 1.20 bits per heavy atom. The fraction of sp³-hybridized carbons (Fsp3) is 0.294. The van der Waals surface area contributed by atoms with E-state index in [4.69, 9.17) is 17.3 Å². The Morgan fingerprint density at radius 2 is 2.00 bits per heavy atom. The van der Waals surface area contributed by atoms with Crippen molar-refractivity contribution >= 4 is 23.0 Å². The molecular weight excluding hydrogens is 268 g/mol. The summed E-state index contributed by atoms with van der Waals surface area (Å²) in [7, 11) is 0. The van der Waals surface area contributed by atoms with Gasteiger partial charge in [-0.25, -0.2) is 0 Å². The molecule has 0 aliphatic carbocycles. The van der Waals surface area contributed by atoms with Crippen molar-refractivity contribution in [2.45, 2.75) is 26.3 Å². The van der Waals surface area contributed by atoms with Crippen LogP contribution in [0.15, 0.2) is 42.5 Å². The van der Waals surface area contributed by atoms with Crippen molar-refractivity contribution in [2.75, 3.05) is 11.1 Å². The number of rotatable bonds is 1. The lowest BCUT2D eigenvalue weighted by Crippen LogP contribution is -2.34. The number of nitrogens with two attached hydrogens (primary N) is 1. The van der Waals surface area contributed by atoms with Gasteiger partial charge < -0.3 is 11.1 Å². The van der Waals surface area contributed by atoms with Crippen LogP contribution in [-0.4, -0.2) is 0 Å². The number of nitrogens with one attached hydrogen (secondary N) is 1. The van der Waals surface area contributed by atoms with Gasteiger partial charge >= 0.3 is 0 Å². The standard InChI is InChI=1S/C17H19ClN2/c1-17(2)10-12-8-13(18)6-7-15(12)20-16(17)11-4-3-5-14(19)9-11/h3-9,16,20H,10,19H2,1-2H3. The van der Waals surface area contributed by atoms with Gasteiger partial charge in [0.2, 0.25) is 0 Å². The summed E-state index contributed by atoms with van der Waals surface area (Å²) in [4.78, 5) is 0. The zero-order valence-electron chi connectivity index (χ0n) is 11.8. The Morgan fingerprint density at radius 3 is 2.75 bits per heavy atom. The highest BCUT2D eigenvalue weighted by Crippen LogP contribution is 2.45. The molecule has 1 unspecified atom stereocenters. The SMILES string of the molecule is CC1(C)Cc2cc(Cl)ccc2NC1c1cccc(N)c1. The average Bonchev–Trinajstić information content (AvgIpc) is 2.36. The second-order valence-electron chi connectivity index (χ2n) is 6.21. The summed E-state index contributed by atoms with van der Waals surface area (Å²) in [6.45, 7) is 4.55. The molecule has 0 spiro atoms. The molecule has 0 radical (unpaired) electrons. The topological polar surface area (TPSA) is 38.0 Å². The number of nitrogen functional groups attached to an aromatic ring is 1. The summed E-state index contributed by atoms with van der Waals surface area (Å²) < 4.78 is 0. The molecule has 0 aromatic heterocycles. The molecular formula is C17H19ClN2. The predicted octanol–water partition coefficient (Wildman–Crippen LogP) is 4.66. The van der Waals surface area contributed by atoms with Gasteiger partial charge in [-0.1, -0.05) is 37.6 Å². The van der Waals surface area contributed by atoms with E-state index >= 15 is 0 Å². The molecule has 20 heavy (non-hydrogen) atoms. The first-order valence-corrected chi connectivity index (χ1v) is 7.24. The number of anilines is 2. The fourth-order valence-electron chi connectivity index (χ4n) is 3.07. The molecule has 0 bridgehead atoms. The molecule has 3 N–H and O–H groups in total. The van der Waals surface area contributed by atoms with Crippen molar-refractivity contribution in [1.82, 2.24) is 0 Å². The summed E-state index contributed by atoms with van der Waals surface area (Å²) >= 11 is 6.10. The number of hydrogen-bond acceptors (Lipinski definition) is 2. The molecule has 1 aliphatic heterocycles. The van der Waals surface area contributed by atoms with Crippen LogP contribution in [0.3, 0.4) is 0 Å². The molecule has 0 amide bonds. The van der Waals surface area contributed by atoms with Crippen LogP contribution in [0.4, 0.5) is 11.4 Å². The quantitative estimate of drug-likeness (QED) is 0.748. The van der Waals surface area contributed by atoms with Crippen molar-refractivity contribution in [2.24, 2.45) is 5.41 Å². The van der Waals surface area contributed by atoms with Gasteiger partial charge in [0.15, 0.2) is 0 Å². The van der Waals surface area contributed by atoms with E-state index in [1.807, 2.05) is 18.2 Å². The van der Waals surface area contributed by atoms with Crippen molar-refractivity contribution in [3.63, 3.8) is 0 Å². The van der Waals surface area contributed by atoms with Crippen LogP contribution in [0.5, 0.6) is 0 Å². The molecule has 2 aromatic rings. The van der Waals surface area contributed by atoms with Crippen LogP contribution in [0, 0.1) is 5.41 Å². The molecule has 0 saturated heterocycles. The third-order valence-electron chi connectivity index (χ3n) is 4.04. The zero-order chi connectivity index (χ0) is 14.3. The van der Waals surface area contributed by atoms with E-state index in [2.05, 4.69) is 43.4 Å². The second-order valence-corrected chi connectivity index (χ2v) is 6.65. The first kappa shape index (κ1) is 13.3. The van der Waals surface area contributed by atoms with Gasteiger partial charge in [-0.15, -0.1) is 0 Å². The van der Waals surface area contributed by atoms with Crippen LogP contribution in [0.2, 0.25) is 5.02 Å². The maximum Gasteiger partial charge on any atom is 0.0568 e. The van der Waals surface area contributed by atoms with Gasteiger partial charge in [0.05, 0.1) is 6.04 Å². The predicted molar refractivity (Wildman–Crippen MR) is 86.2 cm³/mol. The van der Waals surface area contributed by atoms with Gasteiger partial charge in [0, 0.05) is 16.4 Å². The number of hydrogen-bond donors (Lipinski definition) is 2. The summed E-state index contributed by atoms with van der Waals surface area (Å²) in [5.74, 6) is 0. The molecule has 1 aliphatic rings. The number of halogens is 1. The Bertz CT molecular complexity index is 649. The third kappa shape index (κ3) is 2.36. The van der Waals surface area contributed by atoms with Crippen LogP contribution in [0.25, 0.3) is 0 Å². The van der Waals surface area contributed by atoms with Crippen LogP contribution in [0.1, 0.15) is 31.0 Å². The monoisotopic (exact) mass is 286 g/mol. The lowest BCUT2D eigenvalue weighted by atomic mass is 9.73. The molecule has 104 valence electrons. The highest BCUT2D eigenvalue weighted by Gasteiger charge is 2.35. The fourth-order valence-corrected chi connectivity index (χ4v) is 3.26. The maximum absolute atomic E-state index is 6.10. The number of fused-ring (bicyclic) bond motifs is 1.